The summed E-state index contributed by atoms with van der Waals surface area (Å²) in [6, 6.07) is 8.45. The molecule has 0 spiro atoms. The predicted octanol–water partition coefficient (Wildman–Crippen LogP) is 4.62. The van der Waals surface area contributed by atoms with Gasteiger partial charge in [-0.3, -0.25) is 9.48 Å². The summed E-state index contributed by atoms with van der Waals surface area (Å²) in [4.78, 5) is 12.7. The molecule has 1 aromatic heterocycles. The zero-order chi connectivity index (χ0) is 22.0. The van der Waals surface area contributed by atoms with Crippen molar-refractivity contribution in [2.24, 2.45) is 5.10 Å². The number of carbonyl (C=O) groups is 1. The monoisotopic (exact) mass is 424 g/mol. The third-order valence-corrected chi connectivity index (χ3v) is 5.20. The van der Waals surface area contributed by atoms with Crippen molar-refractivity contribution in [3.05, 3.63) is 71.9 Å². The molecule has 1 atom stereocenters. The first-order valence-electron chi connectivity index (χ1n) is 9.91. The van der Waals surface area contributed by atoms with Crippen LogP contribution in [0.5, 0.6) is 5.75 Å². The van der Waals surface area contributed by atoms with E-state index in [2.05, 4.69) is 16.8 Å². The van der Waals surface area contributed by atoms with Crippen molar-refractivity contribution >= 4 is 23.0 Å². The van der Waals surface area contributed by atoms with Crippen LogP contribution in [0.1, 0.15) is 30.9 Å². The fraction of sp³-hybridized carbons (Fsp3) is 0.261. The highest BCUT2D eigenvalue weighted by atomic mass is 19.1. The van der Waals surface area contributed by atoms with Gasteiger partial charge in [0, 0.05) is 42.8 Å². The smallest absolute Gasteiger partial charge is 0.243 e. The van der Waals surface area contributed by atoms with Crippen molar-refractivity contribution in [1.82, 2.24) is 14.8 Å². The normalized spacial score (nSPS) is 15.6. The van der Waals surface area contributed by atoms with E-state index < -0.39 is 17.7 Å². The molecular formula is C23H22F2N4O2. The van der Waals surface area contributed by atoms with Crippen LogP contribution in [-0.2, 0) is 11.3 Å². The van der Waals surface area contributed by atoms with Gasteiger partial charge in [0.1, 0.15) is 17.4 Å². The minimum atomic E-state index is -0.674. The lowest BCUT2D eigenvalue weighted by atomic mass is 10.0. The Labute approximate surface area is 178 Å². The number of rotatable bonds is 7. The first-order valence-corrected chi connectivity index (χ1v) is 9.91. The van der Waals surface area contributed by atoms with E-state index in [-0.39, 0.29) is 12.3 Å². The van der Waals surface area contributed by atoms with Crippen LogP contribution in [0.2, 0.25) is 0 Å². The third kappa shape index (κ3) is 4.63. The van der Waals surface area contributed by atoms with Gasteiger partial charge in [0.05, 0.1) is 25.2 Å². The number of hydrogen-bond donors (Lipinski definition) is 0. The largest absolute Gasteiger partial charge is 0.497 e. The number of fused-ring (bicyclic) bond motifs is 1. The van der Waals surface area contributed by atoms with Gasteiger partial charge in [0.15, 0.2) is 0 Å². The number of nitrogens with zero attached hydrogens (tertiary/aromatic N) is 4. The summed E-state index contributed by atoms with van der Waals surface area (Å²) < 4.78 is 34.2. The summed E-state index contributed by atoms with van der Waals surface area (Å²) >= 11 is 0. The number of halogens is 2. The van der Waals surface area contributed by atoms with Crippen molar-refractivity contribution in [3.63, 3.8) is 0 Å². The Kier molecular flexibility index (Phi) is 5.79. The highest BCUT2D eigenvalue weighted by Gasteiger charge is 2.28. The van der Waals surface area contributed by atoms with Crippen molar-refractivity contribution in [2.45, 2.75) is 31.8 Å². The molecule has 0 N–H and O–H groups in total. The van der Waals surface area contributed by atoms with E-state index in [0.717, 1.165) is 28.3 Å². The molecule has 31 heavy (non-hydrogen) atoms. The van der Waals surface area contributed by atoms with Crippen molar-refractivity contribution < 1.29 is 18.3 Å². The maximum absolute atomic E-state index is 13.6. The molecule has 160 valence electrons. The van der Waals surface area contributed by atoms with Crippen LogP contribution in [-0.4, -0.2) is 34.0 Å². The number of aromatic nitrogens is 2. The summed E-state index contributed by atoms with van der Waals surface area (Å²) in [7, 11) is 1.61. The Balaban J connectivity index is 1.36. The fourth-order valence-corrected chi connectivity index (χ4v) is 3.66. The van der Waals surface area contributed by atoms with Gasteiger partial charge in [0.25, 0.3) is 0 Å². The lowest BCUT2D eigenvalue weighted by molar-refractivity contribution is -0.133. The summed E-state index contributed by atoms with van der Waals surface area (Å²) in [6.45, 7) is 4.54. The molecule has 2 heterocycles. The summed E-state index contributed by atoms with van der Waals surface area (Å²) in [5, 5.41) is 10.9. The number of allylic oxidation sites excluding steroid dienone is 1. The lowest BCUT2D eigenvalue weighted by Gasteiger charge is -2.22. The fourth-order valence-electron chi connectivity index (χ4n) is 3.66. The number of hydrogen-bond acceptors (Lipinski definition) is 4. The van der Waals surface area contributed by atoms with Crippen LogP contribution >= 0.6 is 0 Å². The summed E-state index contributed by atoms with van der Waals surface area (Å²) in [5.74, 6) is -0.834. The van der Waals surface area contributed by atoms with E-state index in [9.17, 15) is 13.6 Å². The Bertz CT molecular complexity index is 1150. The molecule has 8 heteroatoms. The highest BCUT2D eigenvalue weighted by Crippen LogP contribution is 2.30. The molecule has 1 aliphatic heterocycles. The molecule has 1 amide bonds. The Hall–Kier alpha value is -3.55. The van der Waals surface area contributed by atoms with Gasteiger partial charge >= 0.3 is 0 Å². The Morgan fingerprint density at radius 1 is 1.19 bits per heavy atom. The van der Waals surface area contributed by atoms with Crippen molar-refractivity contribution in [2.75, 3.05) is 7.11 Å². The molecule has 4 rings (SSSR count). The van der Waals surface area contributed by atoms with Gasteiger partial charge in [-0.15, -0.1) is 0 Å². The molecule has 0 saturated carbocycles. The number of hydrazone groups is 1. The second-order valence-corrected chi connectivity index (χ2v) is 7.49. The molecule has 2 aromatic carbocycles. The average molecular weight is 424 g/mol. The quantitative estimate of drug-likeness (QED) is 0.520. The van der Waals surface area contributed by atoms with Crippen LogP contribution in [0.4, 0.5) is 8.78 Å². The molecular weight excluding hydrogens is 402 g/mol. The zero-order valence-corrected chi connectivity index (χ0v) is 17.1. The third-order valence-electron chi connectivity index (χ3n) is 5.20. The van der Waals surface area contributed by atoms with E-state index in [0.29, 0.717) is 24.9 Å². The first kappa shape index (κ1) is 20.7. The number of ether oxygens (including phenoxy) is 1. The molecule has 1 unspecified atom stereocenters. The van der Waals surface area contributed by atoms with E-state index >= 15 is 0 Å². The van der Waals surface area contributed by atoms with Crippen LogP contribution in [0, 0.1) is 11.6 Å². The van der Waals surface area contributed by atoms with E-state index in [1.165, 1.54) is 17.1 Å². The van der Waals surface area contributed by atoms with Gasteiger partial charge in [-0.2, -0.15) is 10.2 Å². The van der Waals surface area contributed by atoms with E-state index in [1.807, 2.05) is 24.4 Å². The molecule has 0 aliphatic carbocycles. The Morgan fingerprint density at radius 3 is 2.71 bits per heavy atom. The lowest BCUT2D eigenvalue weighted by Crippen LogP contribution is -2.27. The van der Waals surface area contributed by atoms with Crippen molar-refractivity contribution in [1.29, 1.82) is 0 Å². The van der Waals surface area contributed by atoms with Crippen LogP contribution in [0.25, 0.3) is 10.9 Å². The second-order valence-electron chi connectivity index (χ2n) is 7.49. The maximum Gasteiger partial charge on any atom is 0.243 e. The van der Waals surface area contributed by atoms with E-state index in [1.54, 1.807) is 18.0 Å². The van der Waals surface area contributed by atoms with Gasteiger partial charge in [-0.05, 0) is 36.2 Å². The maximum atomic E-state index is 13.6. The minimum absolute atomic E-state index is 0.194. The number of methoxy groups -OCH3 is 1. The number of amides is 1. The first-order chi connectivity index (χ1) is 14.9. The van der Waals surface area contributed by atoms with Gasteiger partial charge < -0.3 is 4.74 Å². The van der Waals surface area contributed by atoms with Gasteiger partial charge in [-0.25, -0.2) is 13.8 Å². The topological polar surface area (TPSA) is 59.7 Å². The minimum Gasteiger partial charge on any atom is -0.497 e. The van der Waals surface area contributed by atoms with Gasteiger partial charge in [-0.1, -0.05) is 12.2 Å². The second kappa shape index (κ2) is 8.67. The zero-order valence-electron chi connectivity index (χ0n) is 17.1. The van der Waals surface area contributed by atoms with Crippen LogP contribution < -0.4 is 4.74 Å². The molecule has 0 bridgehead atoms. The average Bonchev–Trinajstić information content (AvgIpc) is 3.37. The SMILES string of the molecule is C=C(CCC(=O)N1N=CCC1c1cc(F)cc(F)c1)Cn1cc2ccc(OC)cc2n1. The molecule has 0 saturated heterocycles. The molecule has 3 aromatic rings. The number of carbonyl (C=O) groups excluding carboxylic acids is 1. The molecule has 0 fully saturated rings. The van der Waals surface area contributed by atoms with Gasteiger partial charge in [0.2, 0.25) is 5.91 Å². The molecule has 0 radical (unpaired) electrons. The molecule has 6 nitrogen and oxygen atoms in total. The van der Waals surface area contributed by atoms with Crippen molar-refractivity contribution in [3.8, 4) is 5.75 Å². The standard InChI is InChI=1S/C23H22F2N4O2/c1-15(13-28-14-16-4-5-20(31-2)12-21(16)27-28)3-6-23(30)29-22(7-8-26-29)17-9-18(24)11-19(25)10-17/h4-5,8-12,14,22H,1,3,6-7,13H2,2H3. The van der Waals surface area contributed by atoms with Crippen LogP contribution in [0.3, 0.4) is 0 Å². The molecule has 1 aliphatic rings. The van der Waals surface area contributed by atoms with Crippen LogP contribution in [0.15, 0.2) is 59.8 Å². The van der Waals surface area contributed by atoms with E-state index in [4.69, 9.17) is 4.74 Å². The summed E-state index contributed by atoms with van der Waals surface area (Å²) in [6.07, 6.45) is 4.57. The summed E-state index contributed by atoms with van der Waals surface area (Å²) in [5.41, 5.74) is 2.05. The Morgan fingerprint density at radius 2 is 1.97 bits per heavy atom. The predicted molar refractivity (Wildman–Crippen MR) is 114 cm³/mol. The number of benzene rings is 2. The highest BCUT2D eigenvalue weighted by molar-refractivity contribution is 5.80.